The number of H-pyrrole nitrogens is 1. The summed E-state index contributed by atoms with van der Waals surface area (Å²) in [6, 6.07) is 8.55. The molecule has 0 aliphatic heterocycles. The van der Waals surface area contributed by atoms with E-state index in [9.17, 15) is 4.39 Å². The fourth-order valence-corrected chi connectivity index (χ4v) is 2.17. The maximum atomic E-state index is 13.2. The molecular formula is C16H15FN2O. The van der Waals surface area contributed by atoms with Crippen LogP contribution in [0.5, 0.6) is 5.88 Å². The quantitative estimate of drug-likeness (QED) is 0.773. The van der Waals surface area contributed by atoms with Gasteiger partial charge in [0.2, 0.25) is 5.88 Å². The zero-order chi connectivity index (χ0) is 13.9. The van der Waals surface area contributed by atoms with E-state index in [0.717, 1.165) is 28.5 Å². The molecule has 0 unspecified atom stereocenters. The first-order valence-corrected chi connectivity index (χ1v) is 6.64. The zero-order valence-corrected chi connectivity index (χ0v) is 11.2. The fraction of sp³-hybridized carbons (Fsp3) is 0.188. The maximum absolute atomic E-state index is 13.2. The predicted molar refractivity (Wildman–Crippen MR) is 77.3 cm³/mol. The minimum Gasteiger partial charge on any atom is -0.478 e. The normalized spacial score (nSPS) is 10.9. The Morgan fingerprint density at radius 1 is 1.25 bits per heavy atom. The van der Waals surface area contributed by atoms with Crippen LogP contribution >= 0.6 is 0 Å². The number of aromatic nitrogens is 2. The third-order valence-corrected chi connectivity index (χ3v) is 3.15. The van der Waals surface area contributed by atoms with E-state index in [0.29, 0.717) is 12.5 Å². The number of fused-ring (bicyclic) bond motifs is 1. The molecule has 0 saturated heterocycles. The molecule has 0 radical (unpaired) electrons. The molecule has 0 spiro atoms. The Balaban J connectivity index is 1.94. The molecule has 0 amide bonds. The van der Waals surface area contributed by atoms with Gasteiger partial charge in [0, 0.05) is 40.5 Å². The van der Waals surface area contributed by atoms with Crippen molar-refractivity contribution in [2.24, 2.45) is 0 Å². The summed E-state index contributed by atoms with van der Waals surface area (Å²) >= 11 is 0. The lowest BCUT2D eigenvalue weighted by molar-refractivity contribution is 0.305. The summed E-state index contributed by atoms with van der Waals surface area (Å²) in [4.78, 5) is 7.36. The molecule has 0 aliphatic carbocycles. The largest absolute Gasteiger partial charge is 0.478 e. The molecule has 0 bridgehead atoms. The first-order valence-electron chi connectivity index (χ1n) is 6.64. The van der Waals surface area contributed by atoms with E-state index in [-0.39, 0.29) is 5.82 Å². The van der Waals surface area contributed by atoms with Crippen LogP contribution in [0.4, 0.5) is 4.39 Å². The minimum atomic E-state index is -0.243. The second kappa shape index (κ2) is 5.33. The van der Waals surface area contributed by atoms with Crippen molar-refractivity contribution in [2.75, 3.05) is 6.61 Å². The van der Waals surface area contributed by atoms with Crippen LogP contribution < -0.4 is 4.74 Å². The highest BCUT2D eigenvalue weighted by Gasteiger charge is 2.07. The molecule has 0 saturated carbocycles. The summed E-state index contributed by atoms with van der Waals surface area (Å²) in [5.74, 6) is 0.383. The van der Waals surface area contributed by atoms with Crippen molar-refractivity contribution in [2.45, 2.75) is 13.3 Å². The van der Waals surface area contributed by atoms with Gasteiger partial charge in [0.05, 0.1) is 6.61 Å². The monoisotopic (exact) mass is 270 g/mol. The van der Waals surface area contributed by atoms with Gasteiger partial charge in [-0.25, -0.2) is 9.37 Å². The zero-order valence-electron chi connectivity index (χ0n) is 11.2. The Hall–Kier alpha value is -2.36. The summed E-state index contributed by atoms with van der Waals surface area (Å²) in [6.07, 6.45) is 4.60. The first-order chi connectivity index (χ1) is 9.78. The van der Waals surface area contributed by atoms with E-state index < -0.39 is 0 Å². The molecule has 20 heavy (non-hydrogen) atoms. The summed E-state index contributed by atoms with van der Waals surface area (Å²) < 4.78 is 18.6. The maximum Gasteiger partial charge on any atom is 0.213 e. The molecule has 0 fully saturated rings. The van der Waals surface area contributed by atoms with Crippen molar-refractivity contribution in [1.29, 1.82) is 0 Å². The number of nitrogens with one attached hydrogen (secondary N) is 1. The van der Waals surface area contributed by atoms with Crippen molar-refractivity contribution in [3.63, 3.8) is 0 Å². The SMILES string of the molecule is CCCOc1ccc(-c2c[nH]c3cc(F)ccc23)cn1. The van der Waals surface area contributed by atoms with Gasteiger partial charge in [0.15, 0.2) is 0 Å². The van der Waals surface area contributed by atoms with Gasteiger partial charge in [-0.1, -0.05) is 6.92 Å². The van der Waals surface area contributed by atoms with Crippen molar-refractivity contribution < 1.29 is 9.13 Å². The van der Waals surface area contributed by atoms with Crippen LogP contribution in [0, 0.1) is 5.82 Å². The van der Waals surface area contributed by atoms with E-state index in [1.165, 1.54) is 12.1 Å². The highest BCUT2D eigenvalue weighted by molar-refractivity contribution is 5.95. The summed E-state index contributed by atoms with van der Waals surface area (Å²) in [5.41, 5.74) is 2.77. The van der Waals surface area contributed by atoms with Crippen LogP contribution in [0.2, 0.25) is 0 Å². The van der Waals surface area contributed by atoms with E-state index in [4.69, 9.17) is 4.74 Å². The number of rotatable bonds is 4. The Morgan fingerprint density at radius 2 is 2.15 bits per heavy atom. The lowest BCUT2D eigenvalue weighted by atomic mass is 10.1. The Kier molecular flexibility index (Phi) is 3.37. The number of hydrogen-bond donors (Lipinski definition) is 1. The topological polar surface area (TPSA) is 37.9 Å². The number of nitrogens with zero attached hydrogens (tertiary/aromatic N) is 1. The molecule has 1 N–H and O–H groups in total. The summed E-state index contributed by atoms with van der Waals surface area (Å²) in [7, 11) is 0. The highest BCUT2D eigenvalue weighted by Crippen LogP contribution is 2.29. The van der Waals surface area contributed by atoms with Crippen molar-refractivity contribution >= 4 is 10.9 Å². The predicted octanol–water partition coefficient (Wildman–Crippen LogP) is 4.16. The average Bonchev–Trinajstić information content (AvgIpc) is 2.88. The number of hydrogen-bond acceptors (Lipinski definition) is 2. The number of aromatic amines is 1. The van der Waals surface area contributed by atoms with Gasteiger partial charge in [-0.2, -0.15) is 0 Å². The molecule has 102 valence electrons. The first kappa shape index (κ1) is 12.7. The van der Waals surface area contributed by atoms with E-state index in [1.54, 1.807) is 12.3 Å². The van der Waals surface area contributed by atoms with Gasteiger partial charge < -0.3 is 9.72 Å². The van der Waals surface area contributed by atoms with Crippen LogP contribution in [0.25, 0.3) is 22.0 Å². The van der Waals surface area contributed by atoms with Crippen LogP contribution in [0.15, 0.2) is 42.7 Å². The smallest absolute Gasteiger partial charge is 0.213 e. The van der Waals surface area contributed by atoms with Crippen LogP contribution in [-0.2, 0) is 0 Å². The van der Waals surface area contributed by atoms with Gasteiger partial charge in [0.1, 0.15) is 5.82 Å². The van der Waals surface area contributed by atoms with E-state index in [1.807, 2.05) is 18.3 Å². The number of ether oxygens (including phenoxy) is 1. The lowest BCUT2D eigenvalue weighted by Gasteiger charge is -2.04. The number of benzene rings is 1. The Bertz CT molecular complexity index is 719. The van der Waals surface area contributed by atoms with Crippen molar-refractivity contribution in [3.8, 4) is 17.0 Å². The number of halogens is 1. The van der Waals surface area contributed by atoms with Gasteiger partial charge in [-0.3, -0.25) is 0 Å². The standard InChI is InChI=1S/C16H15FN2O/c1-2-7-20-16-6-3-11(9-19-16)14-10-18-15-8-12(17)4-5-13(14)15/h3-6,8-10,18H,2,7H2,1H3. The van der Waals surface area contributed by atoms with Crippen molar-refractivity contribution in [1.82, 2.24) is 9.97 Å². The molecular weight excluding hydrogens is 255 g/mol. The molecule has 2 heterocycles. The second-order valence-electron chi connectivity index (χ2n) is 4.63. The van der Waals surface area contributed by atoms with E-state index in [2.05, 4.69) is 16.9 Å². The minimum absolute atomic E-state index is 0.243. The summed E-state index contributed by atoms with van der Waals surface area (Å²) in [5, 5.41) is 0.982. The van der Waals surface area contributed by atoms with Gasteiger partial charge in [-0.05, 0) is 30.7 Å². The van der Waals surface area contributed by atoms with Gasteiger partial charge in [-0.15, -0.1) is 0 Å². The molecule has 4 heteroatoms. The van der Waals surface area contributed by atoms with E-state index >= 15 is 0 Å². The Labute approximate surface area is 116 Å². The molecule has 1 aromatic carbocycles. The molecule has 3 nitrogen and oxygen atoms in total. The van der Waals surface area contributed by atoms with Gasteiger partial charge in [0.25, 0.3) is 0 Å². The van der Waals surface area contributed by atoms with Gasteiger partial charge >= 0.3 is 0 Å². The molecule has 0 aliphatic rings. The highest BCUT2D eigenvalue weighted by atomic mass is 19.1. The fourth-order valence-electron chi connectivity index (χ4n) is 2.17. The van der Waals surface area contributed by atoms with Crippen LogP contribution in [0.3, 0.4) is 0 Å². The summed E-state index contributed by atoms with van der Waals surface area (Å²) in [6.45, 7) is 2.72. The third-order valence-electron chi connectivity index (χ3n) is 3.15. The molecule has 2 aromatic heterocycles. The Morgan fingerprint density at radius 3 is 2.90 bits per heavy atom. The van der Waals surface area contributed by atoms with Crippen LogP contribution in [-0.4, -0.2) is 16.6 Å². The van der Waals surface area contributed by atoms with Crippen LogP contribution in [0.1, 0.15) is 13.3 Å². The third kappa shape index (κ3) is 2.37. The second-order valence-corrected chi connectivity index (χ2v) is 4.63. The molecule has 3 rings (SSSR count). The lowest BCUT2D eigenvalue weighted by Crippen LogP contribution is -1.96. The number of pyridine rings is 1. The molecule has 3 aromatic rings. The molecule has 0 atom stereocenters. The van der Waals surface area contributed by atoms with Crippen molar-refractivity contribution in [3.05, 3.63) is 48.5 Å². The average molecular weight is 270 g/mol.